The molecule has 0 fully saturated rings. The molecule has 1 rings (SSSR count). The predicted molar refractivity (Wildman–Crippen MR) is 52.9 cm³/mol. The van der Waals surface area contributed by atoms with E-state index >= 15 is 0 Å². The van der Waals surface area contributed by atoms with Gasteiger partial charge in [0.05, 0.1) is 10.6 Å². The molecule has 0 amide bonds. The molecule has 6 heteroatoms. The predicted octanol–water partition coefficient (Wildman–Crippen LogP) is 3.37. The lowest BCUT2D eigenvalue weighted by atomic mass is 10.1. The number of hydrogen-bond donors (Lipinski definition) is 1. The maximum Gasteiger partial charge on any atom is 0.416 e. The summed E-state index contributed by atoms with van der Waals surface area (Å²) in [4.78, 5) is 10.3. The Morgan fingerprint density at radius 1 is 1.25 bits per heavy atom. The second kappa shape index (κ2) is 4.57. The monoisotopic (exact) mass is 250 g/mol. The number of alkyl halides is 3. The van der Waals surface area contributed by atoms with Crippen molar-refractivity contribution >= 4 is 22.6 Å². The van der Waals surface area contributed by atoms with Crippen molar-refractivity contribution in [3.05, 3.63) is 41.5 Å². The molecule has 0 spiro atoms. The molecule has 0 saturated carbocycles. The van der Waals surface area contributed by atoms with Gasteiger partial charge < -0.3 is 5.11 Å². The fourth-order valence-electron chi connectivity index (χ4n) is 1.01. The fourth-order valence-corrected chi connectivity index (χ4v) is 1.23. The van der Waals surface area contributed by atoms with Crippen molar-refractivity contribution in [1.29, 1.82) is 0 Å². The van der Waals surface area contributed by atoms with Crippen LogP contribution in [0.4, 0.5) is 13.2 Å². The van der Waals surface area contributed by atoms with Gasteiger partial charge in [-0.15, -0.1) is 0 Å². The topological polar surface area (TPSA) is 37.3 Å². The third-order valence-corrected chi connectivity index (χ3v) is 2.07. The van der Waals surface area contributed by atoms with Gasteiger partial charge in [-0.05, 0) is 17.7 Å². The van der Waals surface area contributed by atoms with Crippen molar-refractivity contribution in [3.63, 3.8) is 0 Å². The minimum Gasteiger partial charge on any atom is -0.478 e. The second-order valence-corrected chi connectivity index (χ2v) is 3.31. The van der Waals surface area contributed by atoms with E-state index < -0.39 is 17.7 Å². The number of hydrogen-bond acceptors (Lipinski definition) is 1. The van der Waals surface area contributed by atoms with E-state index in [1.165, 1.54) is 0 Å². The molecular weight excluding hydrogens is 245 g/mol. The van der Waals surface area contributed by atoms with E-state index in [2.05, 4.69) is 0 Å². The molecule has 0 aliphatic rings. The summed E-state index contributed by atoms with van der Waals surface area (Å²) in [6, 6.07) is 3.91. The highest BCUT2D eigenvalue weighted by molar-refractivity contribution is 6.50. The zero-order chi connectivity index (χ0) is 12.3. The van der Waals surface area contributed by atoms with Gasteiger partial charge in [-0.2, -0.15) is 13.2 Å². The minimum absolute atomic E-state index is 0.124. The molecule has 0 aromatic heterocycles. The zero-order valence-corrected chi connectivity index (χ0v) is 8.51. The number of carbonyl (C=O) groups is 1. The third-order valence-electron chi connectivity index (χ3n) is 1.74. The van der Waals surface area contributed by atoms with E-state index in [1.807, 2.05) is 0 Å². The lowest BCUT2D eigenvalue weighted by Gasteiger charge is -2.06. The van der Waals surface area contributed by atoms with Gasteiger partial charge in [0.15, 0.2) is 0 Å². The summed E-state index contributed by atoms with van der Waals surface area (Å²) in [5.74, 6) is -1.26. The molecule has 0 aliphatic carbocycles. The average molecular weight is 251 g/mol. The van der Waals surface area contributed by atoms with Crippen molar-refractivity contribution in [3.8, 4) is 0 Å². The number of aliphatic carboxylic acids is 1. The largest absolute Gasteiger partial charge is 0.478 e. The standard InChI is InChI=1S/C10H6ClF3O2/c11-8(5-9(15)16)6-1-3-7(4-2-6)10(12,13)14/h1-5H,(H,15,16)/b8-5+. The fraction of sp³-hybridized carbons (Fsp3) is 0.100. The van der Waals surface area contributed by atoms with Crippen LogP contribution in [0.3, 0.4) is 0 Å². The van der Waals surface area contributed by atoms with Crippen LogP contribution in [0.1, 0.15) is 11.1 Å². The maximum absolute atomic E-state index is 12.2. The van der Waals surface area contributed by atoms with E-state index in [0.29, 0.717) is 6.08 Å². The highest BCUT2D eigenvalue weighted by atomic mass is 35.5. The number of halogens is 4. The van der Waals surface area contributed by atoms with Crippen LogP contribution in [0.25, 0.3) is 5.03 Å². The van der Waals surface area contributed by atoms with Crippen molar-refractivity contribution in [2.45, 2.75) is 6.18 Å². The lowest BCUT2D eigenvalue weighted by Crippen LogP contribution is -2.04. The quantitative estimate of drug-likeness (QED) is 0.817. The van der Waals surface area contributed by atoms with Crippen LogP contribution >= 0.6 is 11.6 Å². The Morgan fingerprint density at radius 3 is 2.12 bits per heavy atom. The number of carboxylic acids is 1. The number of rotatable bonds is 2. The highest BCUT2D eigenvalue weighted by Crippen LogP contribution is 2.30. The normalized spacial score (nSPS) is 12.6. The number of benzene rings is 1. The van der Waals surface area contributed by atoms with Crippen LogP contribution in [0, 0.1) is 0 Å². The Morgan fingerprint density at radius 2 is 1.75 bits per heavy atom. The van der Waals surface area contributed by atoms with Crippen LogP contribution in [-0.4, -0.2) is 11.1 Å². The molecule has 86 valence electrons. The van der Waals surface area contributed by atoms with Gasteiger partial charge in [0.1, 0.15) is 0 Å². The van der Waals surface area contributed by atoms with Gasteiger partial charge in [-0.25, -0.2) is 4.79 Å². The summed E-state index contributed by atoms with van der Waals surface area (Å²) in [6.07, 6.45) is -3.70. The SMILES string of the molecule is O=C(O)/C=C(/Cl)c1ccc(C(F)(F)F)cc1. The number of carboxylic acid groups (broad SMARTS) is 1. The van der Waals surface area contributed by atoms with Crippen LogP contribution in [0.5, 0.6) is 0 Å². The first kappa shape index (κ1) is 12.6. The van der Waals surface area contributed by atoms with Crippen molar-refractivity contribution in [1.82, 2.24) is 0 Å². The summed E-state index contributed by atoms with van der Waals surface area (Å²) < 4.78 is 36.6. The summed E-state index contributed by atoms with van der Waals surface area (Å²) >= 11 is 5.57. The molecule has 16 heavy (non-hydrogen) atoms. The van der Waals surface area contributed by atoms with E-state index in [0.717, 1.165) is 24.3 Å². The molecule has 0 radical (unpaired) electrons. The second-order valence-electron chi connectivity index (χ2n) is 2.91. The Balaban J connectivity index is 3.00. The van der Waals surface area contributed by atoms with E-state index in [9.17, 15) is 18.0 Å². The summed E-state index contributed by atoms with van der Waals surface area (Å²) in [6.45, 7) is 0. The van der Waals surface area contributed by atoms with Gasteiger partial charge in [0.25, 0.3) is 0 Å². The minimum atomic E-state index is -4.42. The van der Waals surface area contributed by atoms with Gasteiger partial charge in [-0.3, -0.25) is 0 Å². The van der Waals surface area contributed by atoms with E-state index in [4.69, 9.17) is 16.7 Å². The molecule has 0 atom stereocenters. The molecule has 0 unspecified atom stereocenters. The molecule has 1 N–H and O–H groups in total. The third kappa shape index (κ3) is 3.27. The molecule has 1 aromatic rings. The van der Waals surface area contributed by atoms with Crippen molar-refractivity contribution in [2.75, 3.05) is 0 Å². The maximum atomic E-state index is 12.2. The average Bonchev–Trinajstić information content (AvgIpc) is 2.15. The molecule has 2 nitrogen and oxygen atoms in total. The molecule has 0 bridgehead atoms. The van der Waals surface area contributed by atoms with Crippen LogP contribution in [0.2, 0.25) is 0 Å². The summed E-state index contributed by atoms with van der Waals surface area (Å²) in [7, 11) is 0. The Labute approximate surface area is 94.0 Å². The molecule has 0 aliphatic heterocycles. The Kier molecular flexibility index (Phi) is 3.59. The van der Waals surface area contributed by atoms with Crippen LogP contribution in [-0.2, 0) is 11.0 Å². The van der Waals surface area contributed by atoms with Gasteiger partial charge in [0.2, 0.25) is 0 Å². The molecule has 1 aromatic carbocycles. The molecule has 0 heterocycles. The first-order valence-electron chi connectivity index (χ1n) is 4.08. The van der Waals surface area contributed by atoms with Crippen molar-refractivity contribution in [2.24, 2.45) is 0 Å². The van der Waals surface area contributed by atoms with Crippen LogP contribution < -0.4 is 0 Å². The summed E-state index contributed by atoms with van der Waals surface area (Å²) in [5, 5.41) is 8.26. The van der Waals surface area contributed by atoms with Crippen LogP contribution in [0.15, 0.2) is 30.3 Å². The van der Waals surface area contributed by atoms with Crippen molar-refractivity contribution < 1.29 is 23.1 Å². The van der Waals surface area contributed by atoms with E-state index in [-0.39, 0.29) is 10.6 Å². The molecular formula is C10H6ClF3O2. The van der Waals surface area contributed by atoms with Gasteiger partial charge in [-0.1, -0.05) is 23.7 Å². The Hall–Kier alpha value is -1.49. The molecule has 0 saturated heterocycles. The Bertz CT molecular complexity index is 421. The first-order valence-corrected chi connectivity index (χ1v) is 4.46. The zero-order valence-electron chi connectivity index (χ0n) is 7.75. The lowest BCUT2D eigenvalue weighted by molar-refractivity contribution is -0.137. The van der Waals surface area contributed by atoms with Gasteiger partial charge >= 0.3 is 12.1 Å². The first-order chi connectivity index (χ1) is 7.30. The van der Waals surface area contributed by atoms with Gasteiger partial charge in [0, 0.05) is 6.08 Å². The summed E-state index contributed by atoms with van der Waals surface area (Å²) in [5.41, 5.74) is -0.590. The highest BCUT2D eigenvalue weighted by Gasteiger charge is 2.29. The van der Waals surface area contributed by atoms with E-state index in [1.54, 1.807) is 0 Å². The smallest absolute Gasteiger partial charge is 0.416 e.